The topological polar surface area (TPSA) is 26.3 Å². The molecule has 0 aromatic carbocycles. The zero-order valence-electron chi connectivity index (χ0n) is 8.19. The minimum Gasteiger partial charge on any atom is -0.458 e. The van der Waals surface area contributed by atoms with Crippen molar-refractivity contribution in [1.82, 2.24) is 0 Å². The lowest BCUT2D eigenvalue weighted by molar-refractivity contribution is -0.149. The van der Waals surface area contributed by atoms with Crippen LogP contribution in [0.5, 0.6) is 0 Å². The quantitative estimate of drug-likeness (QED) is 0.492. The molecule has 1 aliphatic rings. The summed E-state index contributed by atoms with van der Waals surface area (Å²) in [5.74, 6) is 0.438. The maximum Gasteiger partial charge on any atom is 0.330 e. The van der Waals surface area contributed by atoms with Crippen molar-refractivity contribution in [3.63, 3.8) is 0 Å². The summed E-state index contributed by atoms with van der Waals surface area (Å²) in [6, 6.07) is 0. The first-order valence-corrected chi connectivity index (χ1v) is 4.65. The van der Waals surface area contributed by atoms with Gasteiger partial charge in [-0.05, 0) is 12.3 Å². The van der Waals surface area contributed by atoms with Gasteiger partial charge in [0.25, 0.3) is 0 Å². The number of ether oxygens (including phenoxy) is 1. The fraction of sp³-hybridized carbons (Fsp3) is 0.545. The van der Waals surface area contributed by atoms with E-state index in [1.54, 1.807) is 0 Å². The third kappa shape index (κ3) is 2.44. The standard InChI is InChI=1S/C11H16O2/c1-4-5-8(2)11-9(3)6-7-10(12)13-11/h4,6-9,11H,1,5H2,2-3H3/t8-,9-,11-/m0/s1. The second-order valence-corrected chi connectivity index (χ2v) is 3.62. The lowest BCUT2D eigenvalue weighted by Crippen LogP contribution is -2.32. The minimum atomic E-state index is -0.223. The van der Waals surface area contributed by atoms with Crippen LogP contribution in [0.2, 0.25) is 0 Å². The lowest BCUT2D eigenvalue weighted by Gasteiger charge is -2.29. The highest BCUT2D eigenvalue weighted by Gasteiger charge is 2.27. The van der Waals surface area contributed by atoms with Crippen LogP contribution in [-0.4, -0.2) is 12.1 Å². The van der Waals surface area contributed by atoms with E-state index in [-0.39, 0.29) is 12.1 Å². The van der Waals surface area contributed by atoms with Gasteiger partial charge in [-0.25, -0.2) is 4.79 Å². The average Bonchev–Trinajstić information content (AvgIpc) is 2.09. The number of cyclic esters (lactones) is 1. The van der Waals surface area contributed by atoms with Crippen molar-refractivity contribution in [3.8, 4) is 0 Å². The normalized spacial score (nSPS) is 29.5. The van der Waals surface area contributed by atoms with Crippen molar-refractivity contribution in [2.24, 2.45) is 11.8 Å². The SMILES string of the molecule is C=CC[C@H](C)[C@@H]1OC(=O)C=C[C@@H]1C. The van der Waals surface area contributed by atoms with E-state index in [9.17, 15) is 4.79 Å². The Bertz CT molecular complexity index is 230. The summed E-state index contributed by atoms with van der Waals surface area (Å²) >= 11 is 0. The molecule has 1 rings (SSSR count). The second kappa shape index (κ2) is 4.26. The molecule has 1 aliphatic heterocycles. The van der Waals surface area contributed by atoms with Crippen LogP contribution in [0.4, 0.5) is 0 Å². The fourth-order valence-electron chi connectivity index (χ4n) is 1.65. The number of hydrogen-bond acceptors (Lipinski definition) is 2. The molecule has 0 unspecified atom stereocenters. The van der Waals surface area contributed by atoms with Gasteiger partial charge in [0, 0.05) is 12.0 Å². The van der Waals surface area contributed by atoms with Crippen molar-refractivity contribution in [2.45, 2.75) is 26.4 Å². The lowest BCUT2D eigenvalue weighted by atomic mass is 9.89. The molecule has 0 amide bonds. The van der Waals surface area contributed by atoms with Gasteiger partial charge in [-0.2, -0.15) is 0 Å². The first-order chi connectivity index (χ1) is 6.15. The summed E-state index contributed by atoms with van der Waals surface area (Å²) in [6.07, 6.45) is 6.17. The Balaban J connectivity index is 2.63. The molecular weight excluding hydrogens is 164 g/mol. The van der Waals surface area contributed by atoms with Crippen LogP contribution in [0.1, 0.15) is 20.3 Å². The monoisotopic (exact) mass is 180 g/mol. The van der Waals surface area contributed by atoms with Crippen LogP contribution in [0, 0.1) is 11.8 Å². The van der Waals surface area contributed by atoms with Crippen molar-refractivity contribution in [2.75, 3.05) is 0 Å². The summed E-state index contributed by atoms with van der Waals surface area (Å²) < 4.78 is 5.24. The highest BCUT2D eigenvalue weighted by molar-refractivity contribution is 5.82. The highest BCUT2D eigenvalue weighted by Crippen LogP contribution is 2.24. The third-order valence-electron chi connectivity index (χ3n) is 2.41. The van der Waals surface area contributed by atoms with Gasteiger partial charge in [0.1, 0.15) is 6.10 Å². The summed E-state index contributed by atoms with van der Waals surface area (Å²) in [5, 5.41) is 0. The molecule has 0 N–H and O–H groups in total. The summed E-state index contributed by atoms with van der Waals surface area (Å²) in [6.45, 7) is 7.82. The molecule has 2 nitrogen and oxygen atoms in total. The number of hydrogen-bond donors (Lipinski definition) is 0. The van der Waals surface area contributed by atoms with Crippen molar-refractivity contribution in [3.05, 3.63) is 24.8 Å². The Morgan fingerprint density at radius 1 is 1.77 bits per heavy atom. The molecule has 0 saturated heterocycles. The Morgan fingerprint density at radius 2 is 2.46 bits per heavy atom. The van der Waals surface area contributed by atoms with E-state index in [2.05, 4.69) is 20.4 Å². The molecule has 72 valence electrons. The smallest absolute Gasteiger partial charge is 0.330 e. The molecule has 0 spiro atoms. The first-order valence-electron chi connectivity index (χ1n) is 4.65. The average molecular weight is 180 g/mol. The van der Waals surface area contributed by atoms with Crippen LogP contribution in [0.15, 0.2) is 24.8 Å². The Kier molecular flexibility index (Phi) is 3.29. The number of esters is 1. The largest absolute Gasteiger partial charge is 0.458 e. The van der Waals surface area contributed by atoms with Gasteiger partial charge in [0.15, 0.2) is 0 Å². The first kappa shape index (κ1) is 10.0. The van der Waals surface area contributed by atoms with Gasteiger partial charge in [-0.3, -0.25) is 0 Å². The molecular formula is C11H16O2. The maximum atomic E-state index is 11.0. The Labute approximate surface area is 79.3 Å². The van der Waals surface area contributed by atoms with Gasteiger partial charge in [0.05, 0.1) is 0 Å². The van der Waals surface area contributed by atoms with Crippen molar-refractivity contribution in [1.29, 1.82) is 0 Å². The maximum absolute atomic E-state index is 11.0. The molecule has 0 bridgehead atoms. The van der Waals surface area contributed by atoms with Crippen LogP contribution in [-0.2, 0) is 9.53 Å². The molecule has 1 heterocycles. The van der Waals surface area contributed by atoms with Crippen molar-refractivity contribution < 1.29 is 9.53 Å². The zero-order chi connectivity index (χ0) is 9.84. The van der Waals surface area contributed by atoms with Gasteiger partial charge < -0.3 is 4.74 Å². The summed E-state index contributed by atoms with van der Waals surface area (Å²) in [4.78, 5) is 11.0. The number of carbonyl (C=O) groups excluding carboxylic acids is 1. The zero-order valence-corrected chi connectivity index (χ0v) is 8.19. The number of allylic oxidation sites excluding steroid dienone is 1. The van der Waals surface area contributed by atoms with E-state index in [1.165, 1.54) is 6.08 Å². The van der Waals surface area contributed by atoms with E-state index in [1.807, 2.05) is 12.2 Å². The molecule has 0 saturated carbocycles. The second-order valence-electron chi connectivity index (χ2n) is 3.62. The van der Waals surface area contributed by atoms with Gasteiger partial charge in [-0.15, -0.1) is 6.58 Å². The van der Waals surface area contributed by atoms with Gasteiger partial charge >= 0.3 is 5.97 Å². The Morgan fingerprint density at radius 3 is 3.08 bits per heavy atom. The molecule has 0 aromatic heterocycles. The molecule has 0 radical (unpaired) electrons. The van der Waals surface area contributed by atoms with E-state index in [0.29, 0.717) is 11.8 Å². The third-order valence-corrected chi connectivity index (χ3v) is 2.41. The van der Waals surface area contributed by atoms with Gasteiger partial charge in [0.2, 0.25) is 0 Å². The van der Waals surface area contributed by atoms with E-state index < -0.39 is 0 Å². The van der Waals surface area contributed by atoms with Crippen molar-refractivity contribution >= 4 is 5.97 Å². The summed E-state index contributed by atoms with van der Waals surface area (Å²) in [7, 11) is 0. The van der Waals surface area contributed by atoms with Crippen LogP contribution in [0.3, 0.4) is 0 Å². The predicted molar refractivity (Wildman–Crippen MR) is 52.2 cm³/mol. The highest BCUT2D eigenvalue weighted by atomic mass is 16.5. The van der Waals surface area contributed by atoms with Crippen LogP contribution < -0.4 is 0 Å². The minimum absolute atomic E-state index is 0.00972. The molecule has 3 atom stereocenters. The number of rotatable bonds is 3. The molecule has 0 aromatic rings. The van der Waals surface area contributed by atoms with E-state index >= 15 is 0 Å². The fourth-order valence-corrected chi connectivity index (χ4v) is 1.65. The van der Waals surface area contributed by atoms with E-state index in [4.69, 9.17) is 4.74 Å². The molecule has 2 heteroatoms. The molecule has 0 fully saturated rings. The van der Waals surface area contributed by atoms with E-state index in [0.717, 1.165) is 6.42 Å². The number of carbonyl (C=O) groups is 1. The predicted octanol–water partition coefficient (Wildman–Crippen LogP) is 2.32. The molecule has 0 aliphatic carbocycles. The molecule has 13 heavy (non-hydrogen) atoms. The van der Waals surface area contributed by atoms with Gasteiger partial charge in [-0.1, -0.05) is 26.0 Å². The Hall–Kier alpha value is -1.05. The summed E-state index contributed by atoms with van der Waals surface area (Å²) in [5.41, 5.74) is 0. The van der Waals surface area contributed by atoms with Crippen LogP contribution in [0.25, 0.3) is 0 Å². The van der Waals surface area contributed by atoms with Crippen LogP contribution >= 0.6 is 0 Å².